The highest BCUT2D eigenvalue weighted by Gasteiger charge is 2.50. The van der Waals surface area contributed by atoms with Crippen LogP contribution in [0.3, 0.4) is 0 Å². The van der Waals surface area contributed by atoms with Crippen LogP contribution in [-0.2, 0) is 5.41 Å². The number of anilines is 3. The zero-order valence-electron chi connectivity index (χ0n) is 37.9. The summed E-state index contributed by atoms with van der Waals surface area (Å²) in [4.78, 5) is 2.45. The third kappa shape index (κ3) is 5.40. The second-order valence-corrected chi connectivity index (χ2v) is 18.6. The Morgan fingerprint density at radius 2 is 0.643 bits per heavy atom. The first-order valence-corrected chi connectivity index (χ1v) is 24.1. The molecule has 0 aliphatic heterocycles. The first-order valence-electron chi connectivity index (χ1n) is 24.1. The zero-order valence-corrected chi connectivity index (χ0v) is 37.9. The van der Waals surface area contributed by atoms with Crippen molar-refractivity contribution in [3.8, 4) is 55.6 Å². The van der Waals surface area contributed by atoms with Crippen LogP contribution in [0.5, 0.6) is 0 Å². The molecule has 11 aromatic carbocycles. The van der Waals surface area contributed by atoms with Crippen LogP contribution in [0.25, 0.3) is 99.5 Å². The molecule has 70 heavy (non-hydrogen) atoms. The molecule has 0 atom stereocenters. The van der Waals surface area contributed by atoms with Crippen molar-refractivity contribution in [1.29, 1.82) is 0 Å². The van der Waals surface area contributed by atoms with Crippen molar-refractivity contribution in [3.05, 3.63) is 271 Å². The van der Waals surface area contributed by atoms with Gasteiger partial charge in [-0.1, -0.05) is 206 Å². The summed E-state index contributed by atoms with van der Waals surface area (Å²) >= 11 is 0. The number of hydrogen-bond donors (Lipinski definition) is 0. The summed E-state index contributed by atoms with van der Waals surface area (Å²) in [6, 6.07) is 90.8. The van der Waals surface area contributed by atoms with Crippen LogP contribution in [0.4, 0.5) is 17.1 Å². The summed E-state index contributed by atoms with van der Waals surface area (Å²) in [5.41, 5.74) is 23.1. The van der Waals surface area contributed by atoms with E-state index in [1.165, 1.54) is 55.6 Å². The summed E-state index contributed by atoms with van der Waals surface area (Å²) in [5, 5.41) is 4.49. The van der Waals surface area contributed by atoms with Crippen molar-refractivity contribution in [2.75, 3.05) is 4.90 Å². The monoisotopic (exact) mass is 891 g/mol. The predicted molar refractivity (Wildman–Crippen MR) is 288 cm³/mol. The van der Waals surface area contributed by atoms with Gasteiger partial charge in [-0.25, -0.2) is 0 Å². The van der Waals surface area contributed by atoms with E-state index < -0.39 is 5.41 Å². The molecule has 0 fully saturated rings. The van der Waals surface area contributed by atoms with Crippen molar-refractivity contribution in [2.24, 2.45) is 0 Å². The van der Waals surface area contributed by atoms with Gasteiger partial charge < -0.3 is 13.7 Å². The van der Waals surface area contributed by atoms with Gasteiger partial charge >= 0.3 is 0 Å². The standard InChI is InChI=1S/C67H41NO2/c1-2-17-49-48(16-1)50-18-3-8-27-57(50)67(58-28-9-4-19-51(49)58)59-29-10-5-22-56(59)64-60(67)30-15-31-61(64)68(44-38-34-42(35-39-44)46-23-13-25-54-52-20-6-11-32-62(52)69-65(46)54)45-40-36-43(37-41-45)47-24-14-26-55-53-21-7-12-33-63(53)70-66(47)55/h1-41H. The molecule has 15 rings (SSSR count). The Morgan fingerprint density at radius 1 is 0.271 bits per heavy atom. The Hall–Kier alpha value is -9.18. The third-order valence-corrected chi connectivity index (χ3v) is 15.1. The molecule has 2 heterocycles. The van der Waals surface area contributed by atoms with Crippen LogP contribution in [0.2, 0.25) is 0 Å². The lowest BCUT2D eigenvalue weighted by Gasteiger charge is -2.35. The fourth-order valence-corrected chi connectivity index (χ4v) is 12.2. The predicted octanol–water partition coefficient (Wildman–Crippen LogP) is 18.3. The van der Waals surface area contributed by atoms with Crippen LogP contribution in [0.15, 0.2) is 258 Å². The van der Waals surface area contributed by atoms with Crippen molar-refractivity contribution in [2.45, 2.75) is 5.41 Å². The molecule has 0 saturated heterocycles. The fraction of sp³-hybridized carbons (Fsp3) is 0.0149. The van der Waals surface area contributed by atoms with E-state index >= 15 is 0 Å². The molecule has 2 aliphatic carbocycles. The van der Waals surface area contributed by atoms with Crippen LogP contribution in [-0.4, -0.2) is 0 Å². The molecule has 0 amide bonds. The lowest BCUT2D eigenvalue weighted by Crippen LogP contribution is -2.29. The summed E-state index contributed by atoms with van der Waals surface area (Å²) in [7, 11) is 0. The quantitative estimate of drug-likeness (QED) is 0.172. The van der Waals surface area contributed by atoms with Crippen LogP contribution >= 0.6 is 0 Å². The molecule has 0 saturated carbocycles. The van der Waals surface area contributed by atoms with Gasteiger partial charge in [0, 0.05) is 49.6 Å². The number of furan rings is 2. The molecule has 2 aliphatic rings. The number of nitrogens with zero attached hydrogens (tertiary/aromatic N) is 1. The summed E-state index contributed by atoms with van der Waals surface area (Å²) < 4.78 is 13.1. The van der Waals surface area contributed by atoms with E-state index in [9.17, 15) is 0 Å². The van der Waals surface area contributed by atoms with Crippen molar-refractivity contribution in [1.82, 2.24) is 0 Å². The van der Waals surface area contributed by atoms with Gasteiger partial charge in [0.1, 0.15) is 22.3 Å². The highest BCUT2D eigenvalue weighted by atomic mass is 16.3. The zero-order chi connectivity index (χ0) is 45.9. The van der Waals surface area contributed by atoms with Gasteiger partial charge in [0.05, 0.1) is 11.1 Å². The van der Waals surface area contributed by atoms with Crippen LogP contribution < -0.4 is 4.90 Å². The van der Waals surface area contributed by atoms with E-state index in [0.29, 0.717) is 0 Å². The Bertz CT molecular complexity index is 4020. The first-order chi connectivity index (χ1) is 34.7. The van der Waals surface area contributed by atoms with Crippen LogP contribution in [0.1, 0.15) is 22.3 Å². The molecule has 326 valence electrons. The molecular weight excluding hydrogens is 851 g/mol. The minimum absolute atomic E-state index is 0.607. The first kappa shape index (κ1) is 38.9. The fourth-order valence-electron chi connectivity index (χ4n) is 12.2. The molecule has 1 spiro atoms. The summed E-state index contributed by atoms with van der Waals surface area (Å²) in [6.45, 7) is 0. The largest absolute Gasteiger partial charge is 0.455 e. The number of benzene rings is 11. The molecule has 13 aromatic rings. The van der Waals surface area contributed by atoms with Crippen LogP contribution in [0, 0.1) is 0 Å². The number of para-hydroxylation sites is 4. The molecule has 3 heteroatoms. The Morgan fingerprint density at radius 3 is 1.16 bits per heavy atom. The van der Waals surface area contributed by atoms with Gasteiger partial charge in [0.25, 0.3) is 0 Å². The Balaban J connectivity index is 0.961. The van der Waals surface area contributed by atoms with E-state index in [0.717, 1.165) is 83.2 Å². The maximum Gasteiger partial charge on any atom is 0.143 e. The smallest absolute Gasteiger partial charge is 0.143 e. The highest BCUT2D eigenvalue weighted by Crippen LogP contribution is 2.63. The minimum Gasteiger partial charge on any atom is -0.455 e. The maximum atomic E-state index is 6.55. The maximum absolute atomic E-state index is 6.55. The second kappa shape index (κ2) is 14.9. The molecule has 0 N–H and O–H groups in total. The van der Waals surface area contributed by atoms with Gasteiger partial charge in [-0.05, 0) is 104 Å². The number of rotatable bonds is 5. The Kier molecular flexibility index (Phi) is 8.28. The lowest BCUT2D eigenvalue weighted by molar-refractivity contribution is 0.669. The summed E-state index contributed by atoms with van der Waals surface area (Å²) in [5.74, 6) is 0. The third-order valence-electron chi connectivity index (χ3n) is 15.1. The molecule has 0 bridgehead atoms. The molecule has 0 unspecified atom stereocenters. The molecule has 2 aromatic heterocycles. The van der Waals surface area contributed by atoms with Gasteiger partial charge in [-0.3, -0.25) is 0 Å². The van der Waals surface area contributed by atoms with E-state index in [2.05, 4.69) is 229 Å². The second-order valence-electron chi connectivity index (χ2n) is 18.6. The van der Waals surface area contributed by atoms with E-state index in [4.69, 9.17) is 8.83 Å². The Labute approximate surface area is 404 Å². The average Bonchev–Trinajstić information content (AvgIpc) is 4.08. The molecule has 0 radical (unpaired) electrons. The van der Waals surface area contributed by atoms with Crippen molar-refractivity contribution < 1.29 is 8.83 Å². The van der Waals surface area contributed by atoms with Gasteiger partial charge in [0.2, 0.25) is 0 Å². The van der Waals surface area contributed by atoms with Crippen molar-refractivity contribution >= 4 is 60.9 Å². The molecule has 3 nitrogen and oxygen atoms in total. The minimum atomic E-state index is -0.607. The highest BCUT2D eigenvalue weighted by molar-refractivity contribution is 6.11. The van der Waals surface area contributed by atoms with E-state index in [-0.39, 0.29) is 0 Å². The van der Waals surface area contributed by atoms with Gasteiger partial charge in [-0.2, -0.15) is 0 Å². The average molecular weight is 892 g/mol. The molecular formula is C67H41NO2. The van der Waals surface area contributed by atoms with Gasteiger partial charge in [0.15, 0.2) is 0 Å². The summed E-state index contributed by atoms with van der Waals surface area (Å²) in [6.07, 6.45) is 0. The number of fused-ring (bicyclic) bond motifs is 18. The SMILES string of the molecule is c1ccc2c(c1)-c1ccccc1C1(c3ccccc3-2)c2ccccc2-c2c(N(c3ccc(-c4cccc5c4oc4ccccc45)cc3)c3ccc(-c4cccc5c4oc4ccccc45)cc3)cccc21. The number of hydrogen-bond acceptors (Lipinski definition) is 3. The lowest BCUT2D eigenvalue weighted by atomic mass is 9.66. The van der Waals surface area contributed by atoms with E-state index in [1.807, 2.05) is 24.3 Å². The van der Waals surface area contributed by atoms with E-state index in [1.54, 1.807) is 0 Å². The normalized spacial score (nSPS) is 13.0. The van der Waals surface area contributed by atoms with Gasteiger partial charge in [-0.15, -0.1) is 0 Å². The van der Waals surface area contributed by atoms with Crippen molar-refractivity contribution in [3.63, 3.8) is 0 Å². The topological polar surface area (TPSA) is 29.5 Å².